The second-order valence-corrected chi connectivity index (χ2v) is 6.25. The second-order valence-electron chi connectivity index (χ2n) is 6.25. The van der Waals surface area contributed by atoms with Crippen molar-refractivity contribution in [3.8, 4) is 5.75 Å². The number of para-hydroxylation sites is 1. The number of rotatable bonds is 9. The maximum absolute atomic E-state index is 12.4. The van der Waals surface area contributed by atoms with E-state index in [-0.39, 0.29) is 11.8 Å². The Morgan fingerprint density at radius 3 is 2.37 bits per heavy atom. The summed E-state index contributed by atoms with van der Waals surface area (Å²) in [5, 5.41) is 2.70. The molecule has 2 aromatic rings. The highest BCUT2D eigenvalue weighted by molar-refractivity contribution is 5.95. The normalized spacial score (nSPS) is 11.8. The smallest absolute Gasteiger partial charge is 0.244 e. The van der Waals surface area contributed by atoms with Crippen LogP contribution in [0.2, 0.25) is 0 Å². The van der Waals surface area contributed by atoms with Crippen molar-refractivity contribution in [2.24, 2.45) is 0 Å². The number of carbonyl (C=O) groups excluding carboxylic acids is 2. The summed E-state index contributed by atoms with van der Waals surface area (Å²) >= 11 is 0. The summed E-state index contributed by atoms with van der Waals surface area (Å²) in [5.74, 6) is 0.397. The van der Waals surface area contributed by atoms with Crippen LogP contribution in [0.25, 0.3) is 6.08 Å². The van der Waals surface area contributed by atoms with Gasteiger partial charge in [0.05, 0.1) is 6.61 Å². The third kappa shape index (κ3) is 7.36. The quantitative estimate of drug-likeness (QED) is 0.548. The Bertz CT molecular complexity index is 745. The van der Waals surface area contributed by atoms with Gasteiger partial charge in [-0.25, -0.2) is 0 Å². The number of nitrogens with one attached hydrogen (secondary N) is 1. The lowest BCUT2D eigenvalue weighted by Gasteiger charge is -2.21. The Labute approximate surface area is 160 Å². The standard InChI is InChI=1S/C22H26N2O3/c1-18(23-21(25)15-14-19-10-5-3-6-11-19)22(26)24(2)16-9-17-27-20-12-7-4-8-13-20/h3-8,10-15,18H,9,16-17H2,1-2H3,(H,23,25)/b15-14+. The van der Waals surface area contributed by atoms with Gasteiger partial charge in [-0.2, -0.15) is 0 Å². The van der Waals surface area contributed by atoms with Crippen molar-refractivity contribution in [1.82, 2.24) is 10.2 Å². The van der Waals surface area contributed by atoms with Crippen LogP contribution >= 0.6 is 0 Å². The van der Waals surface area contributed by atoms with E-state index in [0.29, 0.717) is 19.6 Å². The summed E-state index contributed by atoms with van der Waals surface area (Å²) in [6, 6.07) is 18.5. The van der Waals surface area contributed by atoms with E-state index < -0.39 is 6.04 Å². The van der Waals surface area contributed by atoms with Crippen LogP contribution in [0.5, 0.6) is 5.75 Å². The van der Waals surface area contributed by atoms with Crippen LogP contribution in [0.1, 0.15) is 18.9 Å². The van der Waals surface area contributed by atoms with E-state index in [4.69, 9.17) is 4.74 Å². The summed E-state index contributed by atoms with van der Waals surface area (Å²) in [6.45, 7) is 2.78. The molecule has 0 fully saturated rings. The zero-order valence-electron chi connectivity index (χ0n) is 15.8. The van der Waals surface area contributed by atoms with Gasteiger partial charge in [0, 0.05) is 19.7 Å². The first kappa shape index (κ1) is 20.2. The monoisotopic (exact) mass is 366 g/mol. The van der Waals surface area contributed by atoms with Crippen LogP contribution in [0.4, 0.5) is 0 Å². The molecule has 2 amide bonds. The molecule has 0 radical (unpaired) electrons. The molecule has 0 aromatic heterocycles. The molecule has 142 valence electrons. The number of carbonyl (C=O) groups is 2. The molecule has 1 atom stereocenters. The lowest BCUT2D eigenvalue weighted by molar-refractivity contribution is -0.134. The highest BCUT2D eigenvalue weighted by Gasteiger charge is 2.18. The van der Waals surface area contributed by atoms with E-state index in [1.165, 1.54) is 6.08 Å². The average molecular weight is 366 g/mol. The Hall–Kier alpha value is -3.08. The molecular formula is C22H26N2O3. The van der Waals surface area contributed by atoms with Gasteiger partial charge < -0.3 is 15.0 Å². The van der Waals surface area contributed by atoms with E-state index in [9.17, 15) is 9.59 Å². The average Bonchev–Trinajstić information content (AvgIpc) is 2.70. The number of likely N-dealkylation sites (N-methyl/N-ethyl adjacent to an activating group) is 1. The Kier molecular flexibility index (Phi) is 8.10. The molecule has 0 aliphatic heterocycles. The topological polar surface area (TPSA) is 58.6 Å². The molecule has 0 spiro atoms. The Morgan fingerprint density at radius 1 is 1.07 bits per heavy atom. The lowest BCUT2D eigenvalue weighted by Crippen LogP contribution is -2.45. The van der Waals surface area contributed by atoms with Crippen LogP contribution in [0, 0.1) is 0 Å². The van der Waals surface area contributed by atoms with Gasteiger partial charge in [-0.15, -0.1) is 0 Å². The fourth-order valence-corrected chi connectivity index (χ4v) is 2.51. The first-order chi connectivity index (χ1) is 13.1. The fourth-order valence-electron chi connectivity index (χ4n) is 2.51. The molecule has 0 saturated heterocycles. The van der Waals surface area contributed by atoms with Crippen molar-refractivity contribution in [1.29, 1.82) is 0 Å². The number of benzene rings is 2. The van der Waals surface area contributed by atoms with Gasteiger partial charge in [0.2, 0.25) is 11.8 Å². The molecule has 27 heavy (non-hydrogen) atoms. The molecule has 0 saturated carbocycles. The predicted molar refractivity (Wildman–Crippen MR) is 107 cm³/mol. The molecule has 2 aromatic carbocycles. The molecule has 5 heteroatoms. The van der Waals surface area contributed by atoms with Gasteiger partial charge in [0.1, 0.15) is 11.8 Å². The number of amides is 2. The van der Waals surface area contributed by atoms with Gasteiger partial charge in [0.15, 0.2) is 0 Å². The van der Waals surface area contributed by atoms with Gasteiger partial charge in [0.25, 0.3) is 0 Å². The van der Waals surface area contributed by atoms with Crippen LogP contribution in [0.15, 0.2) is 66.7 Å². The van der Waals surface area contributed by atoms with Gasteiger partial charge in [-0.1, -0.05) is 48.5 Å². The molecule has 0 aliphatic rings. The third-order valence-electron chi connectivity index (χ3n) is 3.98. The van der Waals surface area contributed by atoms with Crippen molar-refractivity contribution in [2.45, 2.75) is 19.4 Å². The van der Waals surface area contributed by atoms with Gasteiger partial charge >= 0.3 is 0 Å². The minimum Gasteiger partial charge on any atom is -0.494 e. The lowest BCUT2D eigenvalue weighted by atomic mass is 10.2. The van der Waals surface area contributed by atoms with E-state index in [1.807, 2.05) is 60.7 Å². The van der Waals surface area contributed by atoms with E-state index in [1.54, 1.807) is 24.9 Å². The van der Waals surface area contributed by atoms with Crippen LogP contribution < -0.4 is 10.1 Å². The molecule has 0 aliphatic carbocycles. The molecule has 0 bridgehead atoms. The second kappa shape index (κ2) is 10.8. The van der Waals surface area contributed by atoms with Crippen LogP contribution in [-0.2, 0) is 9.59 Å². The number of nitrogens with zero attached hydrogens (tertiary/aromatic N) is 1. The largest absolute Gasteiger partial charge is 0.494 e. The van der Waals surface area contributed by atoms with Crippen molar-refractivity contribution < 1.29 is 14.3 Å². The minimum absolute atomic E-state index is 0.129. The zero-order valence-corrected chi connectivity index (χ0v) is 15.8. The summed E-state index contributed by atoms with van der Waals surface area (Å²) in [6.07, 6.45) is 3.87. The zero-order chi connectivity index (χ0) is 19.5. The minimum atomic E-state index is -0.585. The highest BCUT2D eigenvalue weighted by Crippen LogP contribution is 2.08. The summed E-state index contributed by atoms with van der Waals surface area (Å²) < 4.78 is 5.62. The third-order valence-corrected chi connectivity index (χ3v) is 3.98. The highest BCUT2D eigenvalue weighted by atomic mass is 16.5. The number of hydrogen-bond acceptors (Lipinski definition) is 3. The molecule has 5 nitrogen and oxygen atoms in total. The van der Waals surface area contributed by atoms with Gasteiger partial charge in [-0.05, 0) is 37.1 Å². The predicted octanol–water partition coefficient (Wildman–Crippen LogP) is 3.13. The maximum Gasteiger partial charge on any atom is 0.244 e. The molecule has 1 unspecified atom stereocenters. The summed E-state index contributed by atoms with van der Waals surface area (Å²) in [7, 11) is 1.73. The van der Waals surface area contributed by atoms with Crippen molar-refractivity contribution >= 4 is 17.9 Å². The van der Waals surface area contributed by atoms with Crippen molar-refractivity contribution in [3.63, 3.8) is 0 Å². The molecule has 2 rings (SSSR count). The summed E-state index contributed by atoms with van der Waals surface area (Å²) in [5.41, 5.74) is 0.933. The van der Waals surface area contributed by atoms with Gasteiger partial charge in [-0.3, -0.25) is 9.59 Å². The van der Waals surface area contributed by atoms with Crippen molar-refractivity contribution in [3.05, 3.63) is 72.3 Å². The van der Waals surface area contributed by atoms with E-state index in [2.05, 4.69) is 5.32 Å². The van der Waals surface area contributed by atoms with Crippen molar-refractivity contribution in [2.75, 3.05) is 20.2 Å². The van der Waals surface area contributed by atoms with Crippen LogP contribution in [-0.4, -0.2) is 43.0 Å². The first-order valence-electron chi connectivity index (χ1n) is 9.02. The maximum atomic E-state index is 12.4. The Morgan fingerprint density at radius 2 is 1.70 bits per heavy atom. The summed E-state index contributed by atoms with van der Waals surface area (Å²) in [4.78, 5) is 26.0. The molecule has 1 N–H and O–H groups in total. The van der Waals surface area contributed by atoms with E-state index >= 15 is 0 Å². The first-order valence-corrected chi connectivity index (χ1v) is 9.02. The molecule has 0 heterocycles. The number of ether oxygens (including phenoxy) is 1. The number of hydrogen-bond donors (Lipinski definition) is 1. The van der Waals surface area contributed by atoms with Crippen LogP contribution in [0.3, 0.4) is 0 Å². The Balaban J connectivity index is 1.70. The van der Waals surface area contributed by atoms with E-state index in [0.717, 1.165) is 11.3 Å². The molecular weight excluding hydrogens is 340 g/mol. The SMILES string of the molecule is CC(NC(=O)/C=C/c1ccccc1)C(=O)N(C)CCCOc1ccccc1. The fraction of sp³-hybridized carbons (Fsp3) is 0.273.